The Morgan fingerprint density at radius 2 is 1.32 bits per heavy atom. The predicted octanol–water partition coefficient (Wildman–Crippen LogP) is 6.48. The van der Waals surface area contributed by atoms with Crippen LogP contribution in [0.2, 0.25) is 18.1 Å². The molecule has 1 unspecified atom stereocenters. The van der Waals surface area contributed by atoms with Gasteiger partial charge in [0.25, 0.3) is 8.32 Å². The van der Waals surface area contributed by atoms with E-state index in [4.69, 9.17) is 9.16 Å². The van der Waals surface area contributed by atoms with Crippen molar-refractivity contribution in [2.24, 2.45) is 0 Å². The molecule has 0 radical (unpaired) electrons. The molecule has 5 heteroatoms. The molecule has 0 saturated heterocycles. The molecule has 3 nitrogen and oxygen atoms in total. The van der Waals surface area contributed by atoms with Crippen LogP contribution in [0.3, 0.4) is 0 Å². The molecule has 28 heavy (non-hydrogen) atoms. The first-order valence-corrected chi connectivity index (χ1v) is 13.7. The molecule has 0 fully saturated rings. The highest BCUT2D eigenvalue weighted by atomic mass is 32.2. The summed E-state index contributed by atoms with van der Waals surface area (Å²) < 4.78 is 25.3. The number of methoxy groups -OCH3 is 1. The quantitative estimate of drug-likeness (QED) is 0.521. The van der Waals surface area contributed by atoms with Crippen LogP contribution >= 0.6 is 0 Å². The molecular weight excluding hydrogens is 384 g/mol. The number of hydrogen-bond donors (Lipinski definition) is 0. The molecule has 2 rings (SSSR count). The third-order valence-corrected chi connectivity index (χ3v) is 12.1. The van der Waals surface area contributed by atoms with Gasteiger partial charge >= 0.3 is 0 Å². The topological polar surface area (TPSA) is 35.5 Å². The first-order chi connectivity index (χ1) is 12.8. The fourth-order valence-corrected chi connectivity index (χ4v) is 5.50. The Morgan fingerprint density at radius 3 is 1.71 bits per heavy atom. The molecular formula is C23H34O3SSi. The molecule has 0 bridgehead atoms. The minimum Gasteiger partial charge on any atom is -0.543 e. The van der Waals surface area contributed by atoms with Crippen LogP contribution in [0, 0.1) is 27.7 Å². The molecule has 0 heterocycles. The minimum absolute atomic E-state index is 0.123. The van der Waals surface area contributed by atoms with Crippen LogP contribution in [0.1, 0.15) is 43.0 Å². The average molecular weight is 419 g/mol. The lowest BCUT2D eigenvalue weighted by Crippen LogP contribution is -2.44. The molecule has 1 atom stereocenters. The molecule has 0 aliphatic carbocycles. The van der Waals surface area contributed by atoms with Crippen molar-refractivity contribution >= 4 is 19.1 Å². The van der Waals surface area contributed by atoms with Crippen molar-refractivity contribution in [2.45, 2.75) is 76.4 Å². The lowest BCUT2D eigenvalue weighted by molar-refractivity contribution is 0.414. The van der Waals surface area contributed by atoms with Crippen molar-refractivity contribution in [3.8, 4) is 11.5 Å². The van der Waals surface area contributed by atoms with Gasteiger partial charge in [-0.2, -0.15) is 0 Å². The van der Waals surface area contributed by atoms with E-state index in [0.29, 0.717) is 0 Å². The summed E-state index contributed by atoms with van der Waals surface area (Å²) in [4.78, 5) is 1.67. The molecule has 0 aromatic heterocycles. The largest absolute Gasteiger partial charge is 0.543 e. The molecule has 154 valence electrons. The number of hydrogen-bond acceptors (Lipinski definition) is 3. The first kappa shape index (κ1) is 22.7. The zero-order valence-corrected chi connectivity index (χ0v) is 20.8. The van der Waals surface area contributed by atoms with E-state index in [1.807, 2.05) is 24.3 Å². The van der Waals surface area contributed by atoms with Crippen molar-refractivity contribution in [2.75, 3.05) is 7.11 Å². The zero-order chi connectivity index (χ0) is 21.4. The van der Waals surface area contributed by atoms with Gasteiger partial charge in [0.2, 0.25) is 0 Å². The summed E-state index contributed by atoms with van der Waals surface area (Å²) in [5.41, 5.74) is 4.27. The van der Waals surface area contributed by atoms with E-state index in [9.17, 15) is 4.21 Å². The highest BCUT2D eigenvalue weighted by molar-refractivity contribution is 7.85. The van der Waals surface area contributed by atoms with Gasteiger partial charge in [-0.3, -0.25) is 0 Å². The Labute approximate surface area is 174 Å². The summed E-state index contributed by atoms with van der Waals surface area (Å²) in [6, 6.07) is 7.45. The fraction of sp³-hybridized carbons (Fsp3) is 0.478. The molecule has 0 N–H and O–H groups in total. The van der Waals surface area contributed by atoms with Crippen molar-refractivity contribution in [3.05, 3.63) is 46.5 Å². The van der Waals surface area contributed by atoms with E-state index in [-0.39, 0.29) is 5.04 Å². The van der Waals surface area contributed by atoms with Gasteiger partial charge in [-0.1, -0.05) is 20.8 Å². The van der Waals surface area contributed by atoms with Crippen LogP contribution < -0.4 is 9.16 Å². The maximum absolute atomic E-state index is 13.4. The van der Waals surface area contributed by atoms with E-state index >= 15 is 0 Å². The molecule has 2 aromatic rings. The molecule has 0 saturated carbocycles. The van der Waals surface area contributed by atoms with Crippen LogP contribution in [-0.2, 0) is 10.8 Å². The number of benzene rings is 2. The maximum atomic E-state index is 13.4. The summed E-state index contributed by atoms with van der Waals surface area (Å²) in [5, 5.41) is 0.123. The monoisotopic (exact) mass is 418 g/mol. The number of ether oxygens (including phenoxy) is 1. The van der Waals surface area contributed by atoms with Gasteiger partial charge in [-0.05, 0) is 92.3 Å². The third-order valence-electron chi connectivity index (χ3n) is 6.11. The van der Waals surface area contributed by atoms with E-state index in [2.05, 4.69) is 61.6 Å². The predicted molar refractivity (Wildman–Crippen MR) is 121 cm³/mol. The second kappa shape index (κ2) is 8.03. The third kappa shape index (κ3) is 4.20. The van der Waals surface area contributed by atoms with Crippen LogP contribution in [0.25, 0.3) is 0 Å². The second-order valence-corrected chi connectivity index (χ2v) is 15.1. The summed E-state index contributed by atoms with van der Waals surface area (Å²) in [6.07, 6.45) is 0. The zero-order valence-electron chi connectivity index (χ0n) is 18.9. The summed E-state index contributed by atoms with van der Waals surface area (Å²) in [5.74, 6) is 1.73. The van der Waals surface area contributed by atoms with Gasteiger partial charge < -0.3 is 9.16 Å². The Morgan fingerprint density at radius 1 is 0.857 bits per heavy atom. The van der Waals surface area contributed by atoms with E-state index < -0.39 is 19.1 Å². The van der Waals surface area contributed by atoms with Gasteiger partial charge in [-0.25, -0.2) is 4.21 Å². The lowest BCUT2D eigenvalue weighted by Gasteiger charge is -2.38. The Hall–Kier alpha value is -1.59. The van der Waals surface area contributed by atoms with Crippen LogP contribution in [0.4, 0.5) is 0 Å². The number of rotatable bonds is 5. The van der Waals surface area contributed by atoms with Gasteiger partial charge in [0.1, 0.15) is 11.5 Å². The summed E-state index contributed by atoms with van der Waals surface area (Å²) >= 11 is 0. The molecule has 0 aliphatic heterocycles. The van der Waals surface area contributed by atoms with E-state index in [0.717, 1.165) is 43.5 Å². The highest BCUT2D eigenvalue weighted by Gasteiger charge is 2.40. The van der Waals surface area contributed by atoms with Crippen molar-refractivity contribution in [1.29, 1.82) is 0 Å². The Bertz CT molecular complexity index is 865. The van der Waals surface area contributed by atoms with Crippen LogP contribution in [0.15, 0.2) is 34.1 Å². The molecule has 0 aliphatic rings. The van der Waals surface area contributed by atoms with Gasteiger partial charge in [0.15, 0.2) is 0 Å². The summed E-state index contributed by atoms with van der Waals surface area (Å²) in [7, 11) is -1.58. The van der Waals surface area contributed by atoms with E-state index in [1.165, 1.54) is 0 Å². The summed E-state index contributed by atoms with van der Waals surface area (Å²) in [6.45, 7) is 19.5. The molecule has 0 spiro atoms. The maximum Gasteiger partial charge on any atom is 0.250 e. The lowest BCUT2D eigenvalue weighted by atomic mass is 10.00. The highest BCUT2D eigenvalue weighted by Crippen LogP contribution is 2.42. The van der Waals surface area contributed by atoms with Gasteiger partial charge in [0.05, 0.1) is 22.8 Å². The Kier molecular flexibility index (Phi) is 6.51. The van der Waals surface area contributed by atoms with Gasteiger partial charge in [0, 0.05) is 4.90 Å². The second-order valence-electron chi connectivity index (χ2n) is 8.96. The van der Waals surface area contributed by atoms with Crippen molar-refractivity contribution in [1.82, 2.24) is 0 Å². The fourth-order valence-electron chi connectivity index (χ4n) is 2.90. The van der Waals surface area contributed by atoms with Crippen molar-refractivity contribution in [3.63, 3.8) is 0 Å². The minimum atomic E-state index is -1.96. The first-order valence-electron chi connectivity index (χ1n) is 9.67. The smallest absolute Gasteiger partial charge is 0.250 e. The average Bonchev–Trinajstić information content (AvgIpc) is 2.62. The van der Waals surface area contributed by atoms with Crippen LogP contribution in [-0.4, -0.2) is 19.6 Å². The normalized spacial score (nSPS) is 13.4. The molecule has 2 aromatic carbocycles. The van der Waals surface area contributed by atoms with Crippen molar-refractivity contribution < 1.29 is 13.4 Å². The SMILES string of the molecule is COc1ccc(S(=O)c2c(C)c(C)c(O[Si](C)(C)C(C)(C)C)c(C)c2C)cc1. The Balaban J connectivity index is 2.56. The van der Waals surface area contributed by atoms with Gasteiger partial charge in [-0.15, -0.1) is 0 Å². The standard InChI is InChI=1S/C23H34O3SSi/c1-15-17(3)22(27(24)20-13-11-19(25-8)12-14-20)18(4)16(2)21(15)26-28(9,10)23(5,6)7/h11-14H,1-10H3. The van der Waals surface area contributed by atoms with E-state index in [1.54, 1.807) is 7.11 Å². The molecule has 0 amide bonds. The van der Waals surface area contributed by atoms with Crippen LogP contribution in [0.5, 0.6) is 11.5 Å².